The number of hydrogen-bond donors (Lipinski definition) is 3. The molecular formula is C11H20N4O3. The molecule has 7 nitrogen and oxygen atoms in total. The van der Waals surface area contributed by atoms with E-state index < -0.39 is 23.8 Å². The van der Waals surface area contributed by atoms with Gasteiger partial charge in [0.1, 0.15) is 0 Å². The third-order valence-electron chi connectivity index (χ3n) is 3.12. The zero-order valence-corrected chi connectivity index (χ0v) is 10.5. The number of amides is 3. The Labute approximate surface area is 106 Å². The quantitative estimate of drug-likeness (QED) is 0.501. The Morgan fingerprint density at radius 1 is 1.22 bits per heavy atom. The van der Waals surface area contributed by atoms with Gasteiger partial charge >= 0.3 is 0 Å². The number of piperidine rings is 1. The summed E-state index contributed by atoms with van der Waals surface area (Å²) in [4.78, 5) is 35.4. The van der Waals surface area contributed by atoms with E-state index in [1.807, 2.05) is 4.90 Å². The number of hydrogen-bond acceptors (Lipinski definition) is 4. The minimum absolute atomic E-state index is 0.157. The first-order valence-electron chi connectivity index (χ1n) is 6.00. The van der Waals surface area contributed by atoms with Crippen molar-refractivity contribution in [2.45, 2.75) is 25.8 Å². The van der Waals surface area contributed by atoms with Crippen LogP contribution < -0.4 is 16.8 Å². The Hall–Kier alpha value is -1.63. The van der Waals surface area contributed by atoms with E-state index in [2.05, 4.69) is 12.2 Å². The molecule has 5 N–H and O–H groups in total. The second-order valence-electron chi connectivity index (χ2n) is 4.76. The normalized spacial score (nSPS) is 17.7. The molecule has 0 aliphatic carbocycles. The molecule has 1 aliphatic heterocycles. The SMILES string of the molecule is CC1CCN(CC(=O)NC(C(N)=O)C(N)=O)CC1. The van der Waals surface area contributed by atoms with E-state index >= 15 is 0 Å². The molecule has 0 bridgehead atoms. The molecule has 7 heteroatoms. The fourth-order valence-electron chi connectivity index (χ4n) is 1.91. The average Bonchev–Trinajstić information content (AvgIpc) is 2.28. The molecule has 1 heterocycles. The van der Waals surface area contributed by atoms with Crippen molar-refractivity contribution >= 4 is 17.7 Å². The number of nitrogens with two attached hydrogens (primary N) is 2. The summed E-state index contributed by atoms with van der Waals surface area (Å²) < 4.78 is 0. The molecule has 1 fully saturated rings. The first-order valence-corrected chi connectivity index (χ1v) is 6.00. The summed E-state index contributed by atoms with van der Waals surface area (Å²) in [5.41, 5.74) is 9.94. The molecule has 0 unspecified atom stereocenters. The van der Waals surface area contributed by atoms with E-state index in [1.165, 1.54) is 0 Å². The van der Waals surface area contributed by atoms with Crippen LogP contribution >= 0.6 is 0 Å². The van der Waals surface area contributed by atoms with Crippen LogP contribution in [0.4, 0.5) is 0 Å². The van der Waals surface area contributed by atoms with Gasteiger partial charge in [0.2, 0.25) is 17.7 Å². The van der Waals surface area contributed by atoms with Crippen LogP contribution in [0.3, 0.4) is 0 Å². The molecule has 0 saturated carbocycles. The molecule has 102 valence electrons. The fourth-order valence-corrected chi connectivity index (χ4v) is 1.91. The number of primary amides is 2. The van der Waals surface area contributed by atoms with E-state index in [1.54, 1.807) is 0 Å². The van der Waals surface area contributed by atoms with Crippen LogP contribution in [0.25, 0.3) is 0 Å². The molecule has 18 heavy (non-hydrogen) atoms. The Kier molecular flexibility index (Phi) is 5.08. The maximum absolute atomic E-state index is 11.6. The minimum atomic E-state index is -1.43. The van der Waals surface area contributed by atoms with Gasteiger partial charge in [-0.2, -0.15) is 0 Å². The highest BCUT2D eigenvalue weighted by Crippen LogP contribution is 2.15. The molecular weight excluding hydrogens is 236 g/mol. The summed E-state index contributed by atoms with van der Waals surface area (Å²) in [7, 11) is 0. The van der Waals surface area contributed by atoms with Crippen molar-refractivity contribution in [3.05, 3.63) is 0 Å². The summed E-state index contributed by atoms with van der Waals surface area (Å²) in [6.07, 6.45) is 2.09. The molecule has 1 aliphatic rings. The predicted molar refractivity (Wildman–Crippen MR) is 65.2 cm³/mol. The Balaban J connectivity index is 2.41. The number of nitrogens with one attached hydrogen (secondary N) is 1. The van der Waals surface area contributed by atoms with Gasteiger partial charge in [0.25, 0.3) is 0 Å². The molecule has 0 aromatic carbocycles. The van der Waals surface area contributed by atoms with Gasteiger partial charge in [-0.15, -0.1) is 0 Å². The zero-order chi connectivity index (χ0) is 13.7. The highest BCUT2D eigenvalue weighted by Gasteiger charge is 2.25. The van der Waals surface area contributed by atoms with Crippen LogP contribution in [0.2, 0.25) is 0 Å². The van der Waals surface area contributed by atoms with Crippen molar-refractivity contribution in [2.75, 3.05) is 19.6 Å². The monoisotopic (exact) mass is 256 g/mol. The third kappa shape index (κ3) is 4.33. The number of rotatable bonds is 5. The lowest BCUT2D eigenvalue weighted by molar-refractivity contribution is -0.134. The topological polar surface area (TPSA) is 119 Å². The van der Waals surface area contributed by atoms with Gasteiger partial charge < -0.3 is 16.8 Å². The Morgan fingerprint density at radius 3 is 2.17 bits per heavy atom. The third-order valence-corrected chi connectivity index (χ3v) is 3.12. The van der Waals surface area contributed by atoms with Crippen LogP contribution in [-0.4, -0.2) is 48.3 Å². The van der Waals surface area contributed by atoms with Crippen LogP contribution in [0.15, 0.2) is 0 Å². The largest absolute Gasteiger partial charge is 0.367 e. The summed E-state index contributed by atoms with van der Waals surface area (Å²) >= 11 is 0. The molecule has 0 spiro atoms. The first kappa shape index (κ1) is 14.4. The van der Waals surface area contributed by atoms with Gasteiger partial charge in [0.05, 0.1) is 6.54 Å². The molecule has 3 amide bonds. The lowest BCUT2D eigenvalue weighted by atomic mass is 9.99. The molecule has 1 rings (SSSR count). The van der Waals surface area contributed by atoms with E-state index in [-0.39, 0.29) is 6.54 Å². The standard InChI is InChI=1S/C11H20N4O3/c1-7-2-4-15(5-3-7)6-8(16)14-9(10(12)17)11(13)18/h7,9H,2-6H2,1H3,(H2,12,17)(H2,13,18)(H,14,16). The second kappa shape index (κ2) is 6.34. The van der Waals surface area contributed by atoms with Crippen LogP contribution in [-0.2, 0) is 14.4 Å². The van der Waals surface area contributed by atoms with Crippen molar-refractivity contribution in [3.8, 4) is 0 Å². The van der Waals surface area contributed by atoms with Gasteiger partial charge in [-0.3, -0.25) is 19.3 Å². The van der Waals surface area contributed by atoms with E-state index in [9.17, 15) is 14.4 Å². The highest BCUT2D eigenvalue weighted by molar-refractivity contribution is 6.05. The summed E-state index contributed by atoms with van der Waals surface area (Å²) in [6.45, 7) is 4.01. The van der Waals surface area contributed by atoms with Gasteiger partial charge in [0.15, 0.2) is 6.04 Å². The number of carbonyl (C=O) groups is 3. The molecule has 1 saturated heterocycles. The predicted octanol–water partition coefficient (Wildman–Crippen LogP) is -1.83. The second-order valence-corrected chi connectivity index (χ2v) is 4.76. The summed E-state index contributed by atoms with van der Waals surface area (Å²) in [5, 5.41) is 2.24. The first-order chi connectivity index (χ1) is 8.40. The van der Waals surface area contributed by atoms with Crippen LogP contribution in [0.1, 0.15) is 19.8 Å². The Bertz CT molecular complexity index is 323. The van der Waals surface area contributed by atoms with E-state index in [0.29, 0.717) is 5.92 Å². The van der Waals surface area contributed by atoms with Gasteiger partial charge in [-0.05, 0) is 31.8 Å². The number of carbonyl (C=O) groups excluding carboxylic acids is 3. The van der Waals surface area contributed by atoms with Crippen LogP contribution in [0, 0.1) is 5.92 Å². The van der Waals surface area contributed by atoms with Gasteiger partial charge in [-0.25, -0.2) is 0 Å². The zero-order valence-electron chi connectivity index (χ0n) is 10.5. The number of nitrogens with zero attached hydrogens (tertiary/aromatic N) is 1. The minimum Gasteiger partial charge on any atom is -0.367 e. The molecule has 0 atom stereocenters. The highest BCUT2D eigenvalue weighted by atomic mass is 16.2. The van der Waals surface area contributed by atoms with Crippen molar-refractivity contribution < 1.29 is 14.4 Å². The summed E-state index contributed by atoms with van der Waals surface area (Å²) in [5.74, 6) is -1.62. The van der Waals surface area contributed by atoms with E-state index in [0.717, 1.165) is 25.9 Å². The molecule has 0 aromatic heterocycles. The van der Waals surface area contributed by atoms with Crippen molar-refractivity contribution in [1.29, 1.82) is 0 Å². The van der Waals surface area contributed by atoms with Crippen molar-refractivity contribution in [3.63, 3.8) is 0 Å². The van der Waals surface area contributed by atoms with Gasteiger partial charge in [0, 0.05) is 0 Å². The van der Waals surface area contributed by atoms with Crippen molar-refractivity contribution in [2.24, 2.45) is 17.4 Å². The Morgan fingerprint density at radius 2 is 1.72 bits per heavy atom. The van der Waals surface area contributed by atoms with E-state index in [4.69, 9.17) is 11.5 Å². The fraction of sp³-hybridized carbons (Fsp3) is 0.727. The molecule has 0 radical (unpaired) electrons. The average molecular weight is 256 g/mol. The smallest absolute Gasteiger partial charge is 0.249 e. The maximum Gasteiger partial charge on any atom is 0.249 e. The summed E-state index contributed by atoms with van der Waals surface area (Å²) in [6, 6.07) is -1.43. The lowest BCUT2D eigenvalue weighted by Crippen LogP contribution is -2.54. The van der Waals surface area contributed by atoms with Crippen molar-refractivity contribution in [1.82, 2.24) is 10.2 Å². The maximum atomic E-state index is 11.6. The van der Waals surface area contributed by atoms with Gasteiger partial charge in [-0.1, -0.05) is 6.92 Å². The van der Waals surface area contributed by atoms with Crippen LogP contribution in [0.5, 0.6) is 0 Å². The lowest BCUT2D eigenvalue weighted by Gasteiger charge is -2.29. The molecule has 0 aromatic rings. The number of likely N-dealkylation sites (tertiary alicyclic amines) is 1.